The monoisotopic (exact) mass is 237 g/mol. The van der Waals surface area contributed by atoms with Gasteiger partial charge in [-0.15, -0.1) is 0 Å². The SMILES string of the molecule is C=CN1CCCCC(C)(CC)CCCCC1=O. The highest BCUT2D eigenvalue weighted by Crippen LogP contribution is 2.34. The Balaban J connectivity index is 2.57. The lowest BCUT2D eigenvalue weighted by molar-refractivity contribution is -0.128. The lowest BCUT2D eigenvalue weighted by atomic mass is 9.78. The smallest absolute Gasteiger partial charge is 0.226 e. The minimum Gasteiger partial charge on any atom is -0.320 e. The van der Waals surface area contributed by atoms with E-state index in [1.54, 1.807) is 11.1 Å². The van der Waals surface area contributed by atoms with Crippen LogP contribution in [0.3, 0.4) is 0 Å². The average molecular weight is 237 g/mol. The van der Waals surface area contributed by atoms with Crippen LogP contribution < -0.4 is 0 Å². The summed E-state index contributed by atoms with van der Waals surface area (Å²) in [5.74, 6) is 0.250. The van der Waals surface area contributed by atoms with Crippen LogP contribution in [0.25, 0.3) is 0 Å². The molecule has 1 amide bonds. The molecule has 1 aliphatic heterocycles. The zero-order valence-corrected chi connectivity index (χ0v) is 11.5. The molecular weight excluding hydrogens is 210 g/mol. The van der Waals surface area contributed by atoms with Gasteiger partial charge in [0.2, 0.25) is 5.91 Å². The number of carbonyl (C=O) groups excluding carboxylic acids is 1. The van der Waals surface area contributed by atoms with E-state index in [0.717, 1.165) is 19.4 Å². The van der Waals surface area contributed by atoms with Crippen LogP contribution in [0.4, 0.5) is 0 Å². The molecule has 2 nitrogen and oxygen atoms in total. The second kappa shape index (κ2) is 6.83. The molecular formula is C15H27NO. The third-order valence-electron chi connectivity index (χ3n) is 4.24. The molecule has 1 fully saturated rings. The lowest BCUT2D eigenvalue weighted by Crippen LogP contribution is -2.26. The van der Waals surface area contributed by atoms with Crippen molar-refractivity contribution in [3.63, 3.8) is 0 Å². The largest absolute Gasteiger partial charge is 0.320 e. The van der Waals surface area contributed by atoms with E-state index in [0.29, 0.717) is 11.8 Å². The molecule has 0 spiro atoms. The van der Waals surface area contributed by atoms with Crippen molar-refractivity contribution in [2.24, 2.45) is 5.41 Å². The van der Waals surface area contributed by atoms with Gasteiger partial charge in [-0.3, -0.25) is 4.79 Å². The van der Waals surface area contributed by atoms with E-state index in [2.05, 4.69) is 20.4 Å². The van der Waals surface area contributed by atoms with E-state index < -0.39 is 0 Å². The number of carbonyl (C=O) groups is 1. The summed E-state index contributed by atoms with van der Waals surface area (Å²) in [5.41, 5.74) is 0.492. The zero-order chi connectivity index (χ0) is 12.7. The normalized spacial score (nSPS) is 28.6. The Hall–Kier alpha value is -0.790. The van der Waals surface area contributed by atoms with Crippen LogP contribution in [0.1, 0.15) is 65.2 Å². The van der Waals surface area contributed by atoms with Crippen LogP contribution in [0.15, 0.2) is 12.8 Å². The third-order valence-corrected chi connectivity index (χ3v) is 4.24. The standard InChI is InChI=1S/C15H27NO/c1-4-15(3)11-7-6-10-14(17)16(5-2)13-9-8-12-15/h5H,2,4,6-13H2,1,3H3. The van der Waals surface area contributed by atoms with Crippen molar-refractivity contribution < 1.29 is 4.79 Å². The lowest BCUT2D eigenvalue weighted by Gasteiger charge is -2.28. The molecule has 0 radical (unpaired) electrons. The van der Waals surface area contributed by atoms with Gasteiger partial charge in [0.15, 0.2) is 0 Å². The second-order valence-corrected chi connectivity index (χ2v) is 5.60. The van der Waals surface area contributed by atoms with Crippen molar-refractivity contribution in [1.82, 2.24) is 4.90 Å². The quantitative estimate of drug-likeness (QED) is 0.707. The van der Waals surface area contributed by atoms with Crippen LogP contribution in [0.5, 0.6) is 0 Å². The molecule has 2 heteroatoms. The molecule has 0 bridgehead atoms. The van der Waals surface area contributed by atoms with Crippen molar-refractivity contribution in [2.45, 2.75) is 65.2 Å². The van der Waals surface area contributed by atoms with Gasteiger partial charge >= 0.3 is 0 Å². The summed E-state index contributed by atoms with van der Waals surface area (Å²) in [5, 5.41) is 0. The average Bonchev–Trinajstić information content (AvgIpc) is 2.36. The molecule has 0 aromatic carbocycles. The number of amides is 1. The van der Waals surface area contributed by atoms with Gasteiger partial charge in [0.1, 0.15) is 0 Å². The molecule has 98 valence electrons. The highest BCUT2D eigenvalue weighted by Gasteiger charge is 2.22. The predicted molar refractivity (Wildman–Crippen MR) is 72.6 cm³/mol. The van der Waals surface area contributed by atoms with Gasteiger partial charge in [-0.2, -0.15) is 0 Å². The maximum absolute atomic E-state index is 11.9. The fraction of sp³-hybridized carbons (Fsp3) is 0.800. The van der Waals surface area contributed by atoms with E-state index in [1.807, 2.05) is 0 Å². The van der Waals surface area contributed by atoms with Crippen LogP contribution >= 0.6 is 0 Å². The number of hydrogen-bond donors (Lipinski definition) is 0. The first-order chi connectivity index (χ1) is 8.11. The molecule has 0 N–H and O–H groups in total. The molecule has 17 heavy (non-hydrogen) atoms. The Morgan fingerprint density at radius 3 is 2.53 bits per heavy atom. The Kier molecular flexibility index (Phi) is 5.73. The fourth-order valence-corrected chi connectivity index (χ4v) is 2.60. The topological polar surface area (TPSA) is 20.3 Å². The molecule has 1 heterocycles. The van der Waals surface area contributed by atoms with Crippen LogP contribution in [0, 0.1) is 5.41 Å². The molecule has 1 saturated heterocycles. The van der Waals surface area contributed by atoms with Crippen molar-refractivity contribution >= 4 is 5.91 Å². The van der Waals surface area contributed by atoms with Gasteiger partial charge in [-0.05, 0) is 37.3 Å². The molecule has 1 rings (SSSR count). The van der Waals surface area contributed by atoms with Gasteiger partial charge < -0.3 is 4.90 Å². The third kappa shape index (κ3) is 4.53. The van der Waals surface area contributed by atoms with E-state index >= 15 is 0 Å². The highest BCUT2D eigenvalue weighted by atomic mass is 16.2. The summed E-state index contributed by atoms with van der Waals surface area (Å²) in [6, 6.07) is 0. The summed E-state index contributed by atoms with van der Waals surface area (Å²) < 4.78 is 0. The van der Waals surface area contributed by atoms with Crippen molar-refractivity contribution in [3.8, 4) is 0 Å². The van der Waals surface area contributed by atoms with Crippen LogP contribution in [-0.2, 0) is 4.79 Å². The number of rotatable bonds is 2. The summed E-state index contributed by atoms with van der Waals surface area (Å²) in [4.78, 5) is 13.7. The minimum absolute atomic E-state index is 0.250. The Bertz CT molecular complexity index is 262. The van der Waals surface area contributed by atoms with E-state index in [-0.39, 0.29) is 5.91 Å². The van der Waals surface area contributed by atoms with Gasteiger partial charge in [-0.1, -0.05) is 39.7 Å². The van der Waals surface area contributed by atoms with E-state index in [1.165, 1.54) is 32.1 Å². The maximum atomic E-state index is 11.9. The number of nitrogens with zero attached hydrogens (tertiary/aromatic N) is 1. The summed E-state index contributed by atoms with van der Waals surface area (Å²) in [6.45, 7) is 9.28. The van der Waals surface area contributed by atoms with Crippen molar-refractivity contribution in [2.75, 3.05) is 6.54 Å². The summed E-state index contributed by atoms with van der Waals surface area (Å²) >= 11 is 0. The molecule has 0 saturated carbocycles. The van der Waals surface area contributed by atoms with Crippen LogP contribution in [0.2, 0.25) is 0 Å². The minimum atomic E-state index is 0.250. The molecule has 0 aromatic rings. The molecule has 0 aromatic heterocycles. The second-order valence-electron chi connectivity index (χ2n) is 5.60. The van der Waals surface area contributed by atoms with Crippen molar-refractivity contribution in [3.05, 3.63) is 12.8 Å². The molecule has 1 aliphatic rings. The zero-order valence-electron chi connectivity index (χ0n) is 11.5. The number of hydrogen-bond acceptors (Lipinski definition) is 1. The Labute approximate surface area is 106 Å². The first-order valence-corrected chi connectivity index (χ1v) is 7.03. The fourth-order valence-electron chi connectivity index (χ4n) is 2.60. The maximum Gasteiger partial charge on any atom is 0.226 e. The van der Waals surface area contributed by atoms with Crippen LogP contribution in [-0.4, -0.2) is 17.4 Å². The van der Waals surface area contributed by atoms with Gasteiger partial charge in [0.05, 0.1) is 0 Å². The van der Waals surface area contributed by atoms with Gasteiger partial charge in [0.25, 0.3) is 0 Å². The molecule has 0 aliphatic carbocycles. The first-order valence-electron chi connectivity index (χ1n) is 7.03. The van der Waals surface area contributed by atoms with Gasteiger partial charge in [0, 0.05) is 13.0 Å². The summed E-state index contributed by atoms with van der Waals surface area (Å²) in [7, 11) is 0. The van der Waals surface area contributed by atoms with E-state index in [9.17, 15) is 4.79 Å². The Morgan fingerprint density at radius 1 is 1.29 bits per heavy atom. The Morgan fingerprint density at radius 2 is 1.94 bits per heavy atom. The predicted octanol–water partition coefficient (Wildman–Crippen LogP) is 4.12. The molecule has 1 atom stereocenters. The van der Waals surface area contributed by atoms with E-state index in [4.69, 9.17) is 0 Å². The van der Waals surface area contributed by atoms with Gasteiger partial charge in [-0.25, -0.2) is 0 Å². The molecule has 1 unspecified atom stereocenters. The highest BCUT2D eigenvalue weighted by molar-refractivity contribution is 5.77. The van der Waals surface area contributed by atoms with Crippen molar-refractivity contribution in [1.29, 1.82) is 0 Å². The first kappa shape index (κ1) is 14.3. The summed E-state index contributed by atoms with van der Waals surface area (Å²) in [6.07, 6.45) is 10.7.